The molecule has 86 valence electrons. The van der Waals surface area contributed by atoms with E-state index in [0.717, 1.165) is 6.42 Å². The van der Waals surface area contributed by atoms with E-state index in [1.807, 2.05) is 18.9 Å². The summed E-state index contributed by atoms with van der Waals surface area (Å²) >= 11 is 0. The van der Waals surface area contributed by atoms with Crippen molar-refractivity contribution in [3.05, 3.63) is 0 Å². The van der Waals surface area contributed by atoms with E-state index in [9.17, 15) is 4.79 Å². The number of nitrogens with two attached hydrogens (primary N) is 1. The van der Waals surface area contributed by atoms with Gasteiger partial charge in [-0.15, -0.1) is 0 Å². The molecule has 0 atom stereocenters. The van der Waals surface area contributed by atoms with Gasteiger partial charge < -0.3 is 16.0 Å². The Labute approximate surface area is 90.7 Å². The molecule has 0 aliphatic heterocycles. The van der Waals surface area contributed by atoms with Crippen LogP contribution in [0.15, 0.2) is 4.99 Å². The molecule has 0 unspecified atom stereocenters. The summed E-state index contributed by atoms with van der Waals surface area (Å²) in [4.78, 5) is 17.2. The molecule has 5 heteroatoms. The lowest BCUT2D eigenvalue weighted by atomic mass is 10.4. The highest BCUT2D eigenvalue weighted by Gasteiger charge is 2.27. The van der Waals surface area contributed by atoms with E-state index < -0.39 is 0 Å². The number of nitrogens with one attached hydrogen (secondary N) is 1. The van der Waals surface area contributed by atoms with E-state index in [1.165, 1.54) is 12.8 Å². The number of rotatable bonds is 5. The van der Waals surface area contributed by atoms with E-state index in [1.54, 1.807) is 0 Å². The molecule has 5 nitrogen and oxygen atoms in total. The second-order valence-electron chi connectivity index (χ2n) is 3.87. The molecule has 1 amide bonds. The van der Waals surface area contributed by atoms with Crippen molar-refractivity contribution in [1.82, 2.24) is 10.2 Å². The molecule has 0 aromatic rings. The summed E-state index contributed by atoms with van der Waals surface area (Å²) in [7, 11) is 1.92. The second-order valence-corrected chi connectivity index (χ2v) is 3.87. The zero-order valence-corrected chi connectivity index (χ0v) is 9.49. The minimum Gasteiger partial charge on any atom is -0.370 e. The predicted molar refractivity (Wildman–Crippen MR) is 60.6 cm³/mol. The van der Waals surface area contributed by atoms with Crippen LogP contribution in [0.25, 0.3) is 0 Å². The van der Waals surface area contributed by atoms with Crippen LogP contribution in [0, 0.1) is 0 Å². The zero-order chi connectivity index (χ0) is 11.3. The molecule has 1 aliphatic carbocycles. The molecule has 0 aromatic carbocycles. The van der Waals surface area contributed by atoms with Gasteiger partial charge in [0.25, 0.3) is 0 Å². The van der Waals surface area contributed by atoms with E-state index in [2.05, 4.69) is 10.3 Å². The van der Waals surface area contributed by atoms with Crippen LogP contribution >= 0.6 is 0 Å². The summed E-state index contributed by atoms with van der Waals surface area (Å²) in [6, 6.07) is 0.535. The first-order chi connectivity index (χ1) is 7.15. The average molecular weight is 212 g/mol. The number of hydrogen-bond acceptors (Lipinski definition) is 2. The molecule has 0 heterocycles. The SMILES string of the molecule is CCCNC(=O)CN=C(N)N(C)C1CC1. The average Bonchev–Trinajstić information content (AvgIpc) is 3.05. The van der Waals surface area contributed by atoms with Gasteiger partial charge in [-0.3, -0.25) is 4.79 Å². The van der Waals surface area contributed by atoms with Gasteiger partial charge >= 0.3 is 0 Å². The van der Waals surface area contributed by atoms with Crippen molar-refractivity contribution in [2.75, 3.05) is 20.1 Å². The Balaban J connectivity index is 2.25. The minimum atomic E-state index is -0.0657. The van der Waals surface area contributed by atoms with Crippen LogP contribution in [-0.4, -0.2) is 42.9 Å². The molecule has 0 aromatic heterocycles. The van der Waals surface area contributed by atoms with E-state index in [4.69, 9.17) is 5.73 Å². The van der Waals surface area contributed by atoms with Gasteiger partial charge in [-0.25, -0.2) is 4.99 Å². The van der Waals surface area contributed by atoms with Gasteiger partial charge in [-0.05, 0) is 19.3 Å². The molecule has 1 rings (SSSR count). The van der Waals surface area contributed by atoms with Crippen LogP contribution in [-0.2, 0) is 4.79 Å². The number of guanidine groups is 1. The molecular weight excluding hydrogens is 192 g/mol. The molecule has 1 fully saturated rings. The topological polar surface area (TPSA) is 70.7 Å². The zero-order valence-electron chi connectivity index (χ0n) is 9.49. The molecule has 1 aliphatic rings. The van der Waals surface area contributed by atoms with Gasteiger partial charge in [0, 0.05) is 19.6 Å². The van der Waals surface area contributed by atoms with Crippen molar-refractivity contribution < 1.29 is 4.79 Å². The van der Waals surface area contributed by atoms with Crippen molar-refractivity contribution in [2.24, 2.45) is 10.7 Å². The first-order valence-corrected chi connectivity index (χ1v) is 5.44. The van der Waals surface area contributed by atoms with Crippen LogP contribution in [0.1, 0.15) is 26.2 Å². The number of carbonyl (C=O) groups is 1. The molecule has 0 bridgehead atoms. The summed E-state index contributed by atoms with van der Waals surface area (Å²) in [5, 5.41) is 2.75. The lowest BCUT2D eigenvalue weighted by Gasteiger charge is -2.16. The van der Waals surface area contributed by atoms with Crippen LogP contribution in [0.2, 0.25) is 0 Å². The Morgan fingerprint density at radius 1 is 1.60 bits per heavy atom. The summed E-state index contributed by atoms with van der Waals surface area (Å²) in [6.45, 7) is 2.84. The Morgan fingerprint density at radius 3 is 2.80 bits per heavy atom. The molecule has 15 heavy (non-hydrogen) atoms. The maximum absolute atomic E-state index is 11.2. The lowest BCUT2D eigenvalue weighted by Crippen LogP contribution is -2.37. The highest BCUT2D eigenvalue weighted by atomic mass is 16.1. The smallest absolute Gasteiger partial charge is 0.241 e. The molecule has 3 N–H and O–H groups in total. The van der Waals surface area contributed by atoms with E-state index >= 15 is 0 Å². The first-order valence-electron chi connectivity index (χ1n) is 5.44. The van der Waals surface area contributed by atoms with Crippen LogP contribution in [0.5, 0.6) is 0 Å². The second kappa shape index (κ2) is 5.58. The number of amides is 1. The molecule has 1 saturated carbocycles. The third kappa shape index (κ3) is 4.18. The van der Waals surface area contributed by atoms with E-state index in [0.29, 0.717) is 18.5 Å². The lowest BCUT2D eigenvalue weighted by molar-refractivity contribution is -0.119. The number of aliphatic imine (C=N–C) groups is 1. The largest absolute Gasteiger partial charge is 0.370 e. The third-order valence-electron chi connectivity index (χ3n) is 2.41. The van der Waals surface area contributed by atoms with Gasteiger partial charge in [0.2, 0.25) is 5.91 Å². The summed E-state index contributed by atoms with van der Waals surface area (Å²) in [6.07, 6.45) is 3.29. The molecule has 0 saturated heterocycles. The fourth-order valence-corrected chi connectivity index (χ4v) is 1.23. The highest BCUT2D eigenvalue weighted by Crippen LogP contribution is 2.24. The van der Waals surface area contributed by atoms with Crippen molar-refractivity contribution >= 4 is 11.9 Å². The fourth-order valence-electron chi connectivity index (χ4n) is 1.23. The van der Waals surface area contributed by atoms with Crippen LogP contribution in [0.3, 0.4) is 0 Å². The quantitative estimate of drug-likeness (QED) is 0.494. The van der Waals surface area contributed by atoms with Crippen LogP contribution in [0.4, 0.5) is 0 Å². The Kier molecular flexibility index (Phi) is 4.39. The summed E-state index contributed by atoms with van der Waals surface area (Å²) in [5.41, 5.74) is 5.73. The minimum absolute atomic E-state index is 0.0657. The number of nitrogens with zero attached hydrogens (tertiary/aromatic N) is 2. The number of carbonyl (C=O) groups excluding carboxylic acids is 1. The maximum Gasteiger partial charge on any atom is 0.241 e. The van der Waals surface area contributed by atoms with Gasteiger partial charge in [0.1, 0.15) is 6.54 Å². The molecule has 0 spiro atoms. The van der Waals surface area contributed by atoms with Crippen LogP contribution < -0.4 is 11.1 Å². The van der Waals surface area contributed by atoms with Crippen molar-refractivity contribution in [2.45, 2.75) is 32.2 Å². The normalized spacial score (nSPS) is 16.3. The van der Waals surface area contributed by atoms with Crippen molar-refractivity contribution in [3.8, 4) is 0 Å². The molecular formula is C10H20N4O. The standard InChI is InChI=1S/C10H20N4O/c1-3-6-12-9(15)7-13-10(11)14(2)8-4-5-8/h8H,3-7H2,1-2H3,(H2,11,13)(H,12,15). The Bertz CT molecular complexity index is 248. The Hall–Kier alpha value is -1.26. The summed E-state index contributed by atoms with van der Waals surface area (Å²) in [5.74, 6) is 0.396. The van der Waals surface area contributed by atoms with Gasteiger partial charge in [-0.1, -0.05) is 6.92 Å². The highest BCUT2D eigenvalue weighted by molar-refractivity contribution is 5.84. The maximum atomic E-state index is 11.2. The predicted octanol–water partition coefficient (Wildman–Crippen LogP) is -0.0785. The third-order valence-corrected chi connectivity index (χ3v) is 2.41. The summed E-state index contributed by atoms with van der Waals surface area (Å²) < 4.78 is 0. The van der Waals surface area contributed by atoms with Crippen molar-refractivity contribution in [1.29, 1.82) is 0 Å². The van der Waals surface area contributed by atoms with Gasteiger partial charge in [0.05, 0.1) is 0 Å². The van der Waals surface area contributed by atoms with E-state index in [-0.39, 0.29) is 12.5 Å². The van der Waals surface area contributed by atoms with Gasteiger partial charge in [-0.2, -0.15) is 0 Å². The monoisotopic (exact) mass is 212 g/mol. The Morgan fingerprint density at radius 2 is 2.27 bits per heavy atom. The first kappa shape index (κ1) is 11.8. The number of hydrogen-bond donors (Lipinski definition) is 2. The van der Waals surface area contributed by atoms with Gasteiger partial charge in [0.15, 0.2) is 5.96 Å². The molecule has 0 radical (unpaired) electrons. The fraction of sp³-hybridized carbons (Fsp3) is 0.800. The van der Waals surface area contributed by atoms with Crippen molar-refractivity contribution in [3.63, 3.8) is 0 Å².